The first-order valence-corrected chi connectivity index (χ1v) is 12.0. The van der Waals surface area contributed by atoms with Gasteiger partial charge in [0, 0.05) is 17.6 Å². The van der Waals surface area contributed by atoms with Crippen molar-refractivity contribution >= 4 is 41.1 Å². The second-order valence-electron chi connectivity index (χ2n) is 8.67. The van der Waals surface area contributed by atoms with Gasteiger partial charge in [-0.2, -0.15) is 5.26 Å². The number of carboxylic acids is 1. The Morgan fingerprint density at radius 2 is 2.05 bits per heavy atom. The summed E-state index contributed by atoms with van der Waals surface area (Å²) in [6, 6.07) is 8.49. The molecule has 2 aromatic rings. The van der Waals surface area contributed by atoms with Crippen LogP contribution in [0.2, 0.25) is 5.02 Å². The van der Waals surface area contributed by atoms with Gasteiger partial charge in [0.15, 0.2) is 0 Å². The predicted octanol–water partition coefficient (Wildman–Crippen LogP) is 3.19. The molecule has 1 aliphatic rings. The molecule has 198 valence electrons. The maximum absolute atomic E-state index is 13.4. The molecule has 0 unspecified atom stereocenters. The van der Waals surface area contributed by atoms with E-state index in [9.17, 15) is 39.7 Å². The van der Waals surface area contributed by atoms with E-state index in [4.69, 9.17) is 11.6 Å². The van der Waals surface area contributed by atoms with Crippen LogP contribution in [0.1, 0.15) is 52.9 Å². The molecule has 2 atom stereocenters. The van der Waals surface area contributed by atoms with Gasteiger partial charge in [0.1, 0.15) is 12.1 Å². The van der Waals surface area contributed by atoms with Crippen molar-refractivity contribution in [2.45, 2.75) is 32.2 Å². The summed E-state index contributed by atoms with van der Waals surface area (Å²) >= 11 is 6.05. The molecule has 0 radical (unpaired) electrons. The van der Waals surface area contributed by atoms with E-state index >= 15 is 0 Å². The molecule has 12 nitrogen and oxygen atoms in total. The van der Waals surface area contributed by atoms with E-state index in [0.717, 1.165) is 17.0 Å². The second-order valence-corrected chi connectivity index (χ2v) is 9.11. The highest BCUT2D eigenvalue weighted by Gasteiger charge is 2.35. The van der Waals surface area contributed by atoms with E-state index in [1.807, 2.05) is 13.0 Å². The number of aromatic carboxylic acids is 1. The van der Waals surface area contributed by atoms with Crippen LogP contribution in [0.4, 0.5) is 10.5 Å². The van der Waals surface area contributed by atoms with Crippen LogP contribution in [-0.2, 0) is 16.0 Å². The maximum Gasteiger partial charge on any atom is 0.342 e. The minimum absolute atomic E-state index is 0.0492. The number of halogens is 1. The molecule has 13 heteroatoms. The highest BCUT2D eigenvalue weighted by molar-refractivity contribution is 6.30. The van der Waals surface area contributed by atoms with Gasteiger partial charge in [-0.25, -0.2) is 9.59 Å². The third-order valence-corrected chi connectivity index (χ3v) is 6.32. The zero-order valence-electron chi connectivity index (χ0n) is 20.3. The number of nitriles is 1. The molecule has 1 heterocycles. The van der Waals surface area contributed by atoms with Crippen molar-refractivity contribution in [2.24, 2.45) is 5.92 Å². The lowest BCUT2D eigenvalue weighted by Gasteiger charge is -2.26. The fourth-order valence-electron chi connectivity index (χ4n) is 4.19. The number of carboxylic acid groups (broad SMARTS) is 1. The number of nitrogens with zero attached hydrogens (tertiary/aromatic N) is 3. The molecule has 1 saturated heterocycles. The van der Waals surface area contributed by atoms with E-state index in [-0.39, 0.29) is 18.5 Å². The van der Waals surface area contributed by atoms with Crippen LogP contribution in [-0.4, -0.2) is 51.8 Å². The number of hydrogen-bond donors (Lipinski definition) is 3. The Hall–Kier alpha value is -4.50. The Bertz CT molecular complexity index is 1340. The minimum Gasteiger partial charge on any atom is -0.477 e. The van der Waals surface area contributed by atoms with Gasteiger partial charge in [-0.3, -0.25) is 24.6 Å². The maximum atomic E-state index is 13.4. The number of imide groups is 1. The lowest BCUT2D eigenvalue weighted by Crippen LogP contribution is -2.48. The standard InChI is InChI=1S/C25H24ClN5O7/c1-2-3-20(14-5-7-19(24(34)35)21(10-14)31(37)38)29-25(36)30-13-22(32)28-12-17(23(30)33)8-16-9-18(26)6-4-15(16)11-27/h4-7,9-10,17,20H,2-3,8,12-13H2,1H3,(H,28,32)(H,29,36)(H,34,35)/t17-,20+/m0/s1. The van der Waals surface area contributed by atoms with Crippen molar-refractivity contribution in [1.82, 2.24) is 15.5 Å². The van der Waals surface area contributed by atoms with E-state index in [1.54, 1.807) is 12.1 Å². The third-order valence-electron chi connectivity index (χ3n) is 6.09. The molecule has 4 amide bonds. The SMILES string of the molecule is CCC[C@@H](NC(=O)N1CC(=O)NC[C@H](Cc2cc(Cl)ccc2C#N)C1=O)c1ccc(C(=O)O)c([N+](=O)[O-])c1. The van der Waals surface area contributed by atoms with E-state index in [2.05, 4.69) is 10.6 Å². The van der Waals surface area contributed by atoms with E-state index < -0.39 is 58.5 Å². The molecule has 0 saturated carbocycles. The quantitative estimate of drug-likeness (QED) is 0.336. The number of carbonyl (C=O) groups excluding carboxylic acids is 3. The third kappa shape index (κ3) is 6.43. The number of nitro groups is 1. The average Bonchev–Trinajstić information content (AvgIpc) is 3.01. The smallest absolute Gasteiger partial charge is 0.342 e. The number of carbonyl (C=O) groups is 4. The first-order valence-electron chi connectivity index (χ1n) is 11.6. The molecule has 0 aliphatic carbocycles. The predicted molar refractivity (Wildman–Crippen MR) is 134 cm³/mol. The van der Waals surface area contributed by atoms with Crippen molar-refractivity contribution in [2.75, 3.05) is 13.1 Å². The number of benzene rings is 2. The largest absolute Gasteiger partial charge is 0.477 e. The minimum atomic E-state index is -1.47. The van der Waals surface area contributed by atoms with Crippen LogP contribution >= 0.6 is 11.6 Å². The summed E-state index contributed by atoms with van der Waals surface area (Å²) in [6.45, 7) is 1.22. The summed E-state index contributed by atoms with van der Waals surface area (Å²) in [6.07, 6.45) is 0.913. The zero-order valence-corrected chi connectivity index (χ0v) is 21.0. The summed E-state index contributed by atoms with van der Waals surface area (Å²) in [5.74, 6) is -3.53. The van der Waals surface area contributed by atoms with Crippen LogP contribution in [0.25, 0.3) is 0 Å². The van der Waals surface area contributed by atoms with Gasteiger partial charge in [-0.1, -0.05) is 31.0 Å². The Labute approximate surface area is 222 Å². The first-order chi connectivity index (χ1) is 18.0. The lowest BCUT2D eigenvalue weighted by atomic mass is 9.95. The Morgan fingerprint density at radius 1 is 1.32 bits per heavy atom. The first kappa shape index (κ1) is 28.1. The molecule has 0 aromatic heterocycles. The molecule has 0 bridgehead atoms. The number of urea groups is 1. The Balaban J connectivity index is 1.88. The summed E-state index contributed by atoms with van der Waals surface area (Å²) < 4.78 is 0. The molecule has 3 rings (SSSR count). The van der Waals surface area contributed by atoms with Gasteiger partial charge in [0.05, 0.1) is 28.5 Å². The highest BCUT2D eigenvalue weighted by Crippen LogP contribution is 2.27. The van der Waals surface area contributed by atoms with Crippen LogP contribution in [0.15, 0.2) is 36.4 Å². The van der Waals surface area contributed by atoms with Crippen molar-refractivity contribution < 1.29 is 29.2 Å². The summed E-state index contributed by atoms with van der Waals surface area (Å²) in [7, 11) is 0. The molecular formula is C25H24ClN5O7. The molecule has 1 fully saturated rings. The second kappa shape index (κ2) is 12.2. The average molecular weight is 542 g/mol. The highest BCUT2D eigenvalue weighted by atomic mass is 35.5. The Morgan fingerprint density at radius 3 is 2.68 bits per heavy atom. The van der Waals surface area contributed by atoms with Crippen molar-refractivity contribution in [3.05, 3.63) is 73.8 Å². The van der Waals surface area contributed by atoms with Gasteiger partial charge in [0.2, 0.25) is 11.8 Å². The molecular weight excluding hydrogens is 518 g/mol. The van der Waals surface area contributed by atoms with E-state index in [1.165, 1.54) is 12.1 Å². The summed E-state index contributed by atoms with van der Waals surface area (Å²) in [5.41, 5.74) is -0.0590. The van der Waals surface area contributed by atoms with Crippen molar-refractivity contribution in [1.29, 1.82) is 5.26 Å². The van der Waals surface area contributed by atoms with Crippen molar-refractivity contribution in [3.8, 4) is 6.07 Å². The van der Waals surface area contributed by atoms with Gasteiger partial charge < -0.3 is 15.7 Å². The molecule has 3 N–H and O–H groups in total. The monoisotopic (exact) mass is 541 g/mol. The zero-order chi connectivity index (χ0) is 28.0. The van der Waals surface area contributed by atoms with Crippen LogP contribution in [0.5, 0.6) is 0 Å². The fraction of sp³-hybridized carbons (Fsp3) is 0.320. The summed E-state index contributed by atoms with van der Waals surface area (Å²) in [5, 5.41) is 35.7. The number of nitrogens with one attached hydrogen (secondary N) is 2. The van der Waals surface area contributed by atoms with Crippen LogP contribution in [0, 0.1) is 27.4 Å². The number of amides is 4. The van der Waals surface area contributed by atoms with Gasteiger partial charge in [-0.15, -0.1) is 0 Å². The molecule has 0 spiro atoms. The molecule has 1 aliphatic heterocycles. The van der Waals surface area contributed by atoms with Gasteiger partial charge >= 0.3 is 12.0 Å². The number of nitro benzene ring substituents is 1. The number of rotatable bonds is 8. The van der Waals surface area contributed by atoms with Crippen LogP contribution < -0.4 is 10.6 Å². The molecule has 2 aromatic carbocycles. The lowest BCUT2D eigenvalue weighted by molar-refractivity contribution is -0.385. The molecule has 38 heavy (non-hydrogen) atoms. The fourth-order valence-corrected chi connectivity index (χ4v) is 4.39. The Kier molecular flexibility index (Phi) is 8.98. The van der Waals surface area contributed by atoms with Crippen LogP contribution in [0.3, 0.4) is 0 Å². The van der Waals surface area contributed by atoms with E-state index in [0.29, 0.717) is 29.0 Å². The topological polar surface area (TPSA) is 183 Å². The normalized spacial score (nSPS) is 16.1. The van der Waals surface area contributed by atoms with Crippen molar-refractivity contribution in [3.63, 3.8) is 0 Å². The number of hydrogen-bond acceptors (Lipinski definition) is 7. The van der Waals surface area contributed by atoms with Gasteiger partial charge in [-0.05, 0) is 48.2 Å². The summed E-state index contributed by atoms with van der Waals surface area (Å²) in [4.78, 5) is 61.7. The van der Waals surface area contributed by atoms with Gasteiger partial charge in [0.25, 0.3) is 5.69 Å².